The molecule has 3 aromatic rings. The average Bonchev–Trinajstić information content (AvgIpc) is 2.93. The van der Waals surface area contributed by atoms with E-state index >= 15 is 0 Å². The third kappa shape index (κ3) is 1.80. The third-order valence-electron chi connectivity index (χ3n) is 2.46. The molecule has 0 aliphatic rings. The smallest absolute Gasteiger partial charge is 0.283 e. The van der Waals surface area contributed by atoms with Gasteiger partial charge in [-0.2, -0.15) is 0 Å². The van der Waals surface area contributed by atoms with Gasteiger partial charge in [-0.15, -0.1) is 21.8 Å². The van der Waals surface area contributed by atoms with E-state index in [0.717, 1.165) is 11.0 Å². The molecule has 17 heavy (non-hydrogen) atoms. The van der Waals surface area contributed by atoms with Gasteiger partial charge in [-0.05, 0) is 25.1 Å². The van der Waals surface area contributed by atoms with Crippen LogP contribution < -0.4 is 0 Å². The summed E-state index contributed by atoms with van der Waals surface area (Å²) in [5.74, 6) is 1.51. The Balaban J connectivity index is 2.11. The van der Waals surface area contributed by atoms with Crippen LogP contribution in [0.4, 0.5) is 0 Å². The van der Waals surface area contributed by atoms with Gasteiger partial charge in [0, 0.05) is 5.39 Å². The highest BCUT2D eigenvalue weighted by atomic mass is 35.5. The number of hydrogen-bond acceptors (Lipinski definition) is 4. The summed E-state index contributed by atoms with van der Waals surface area (Å²) in [6.07, 6.45) is 0. The Morgan fingerprint density at radius 1 is 1.18 bits per heavy atom. The summed E-state index contributed by atoms with van der Waals surface area (Å²) in [6, 6.07) is 7.84. The van der Waals surface area contributed by atoms with Crippen LogP contribution in [-0.4, -0.2) is 10.2 Å². The summed E-state index contributed by atoms with van der Waals surface area (Å²) in [4.78, 5) is 0. The molecule has 0 radical (unpaired) electrons. The summed E-state index contributed by atoms with van der Waals surface area (Å²) < 4.78 is 11.0. The van der Waals surface area contributed by atoms with Gasteiger partial charge in [-0.1, -0.05) is 11.6 Å². The van der Waals surface area contributed by atoms with Gasteiger partial charge >= 0.3 is 0 Å². The minimum Gasteiger partial charge on any atom is -0.451 e. The number of benzene rings is 1. The van der Waals surface area contributed by atoms with Crippen molar-refractivity contribution < 1.29 is 8.83 Å². The van der Waals surface area contributed by atoms with Crippen LogP contribution in [0.15, 0.2) is 33.1 Å². The number of aryl methyl sites for hydroxylation is 1. The quantitative estimate of drug-likeness (QED) is 0.651. The molecule has 0 unspecified atom stereocenters. The topological polar surface area (TPSA) is 52.1 Å². The zero-order chi connectivity index (χ0) is 11.8. The van der Waals surface area contributed by atoms with Gasteiger partial charge in [0.25, 0.3) is 5.89 Å². The lowest BCUT2D eigenvalue weighted by Crippen LogP contribution is -1.74. The molecule has 86 valence electrons. The van der Waals surface area contributed by atoms with Crippen molar-refractivity contribution >= 4 is 22.6 Å². The summed E-state index contributed by atoms with van der Waals surface area (Å²) in [5, 5.41) is 8.69. The number of nitrogens with zero attached hydrogens (tertiary/aromatic N) is 2. The minimum absolute atomic E-state index is 0.201. The van der Waals surface area contributed by atoms with Crippen LogP contribution in [0.5, 0.6) is 0 Å². The maximum Gasteiger partial charge on any atom is 0.283 e. The number of alkyl halides is 1. The van der Waals surface area contributed by atoms with Gasteiger partial charge in [0.2, 0.25) is 5.89 Å². The molecule has 5 heteroatoms. The number of hydrogen-bond donors (Lipinski definition) is 0. The van der Waals surface area contributed by atoms with E-state index in [1.807, 2.05) is 31.2 Å². The van der Waals surface area contributed by atoms with Crippen LogP contribution in [0, 0.1) is 6.92 Å². The maximum absolute atomic E-state index is 5.63. The second-order valence-corrected chi connectivity index (χ2v) is 4.05. The molecule has 0 saturated carbocycles. The highest BCUT2D eigenvalue weighted by Gasteiger charge is 2.13. The number of fused-ring (bicyclic) bond motifs is 1. The van der Waals surface area contributed by atoms with Crippen LogP contribution in [0.25, 0.3) is 22.6 Å². The molecule has 3 rings (SSSR count). The molecule has 0 saturated heterocycles. The lowest BCUT2D eigenvalue weighted by molar-refractivity contribution is 0.503. The van der Waals surface area contributed by atoms with Crippen LogP contribution in [0.3, 0.4) is 0 Å². The van der Waals surface area contributed by atoms with Crippen molar-refractivity contribution in [3.05, 3.63) is 35.7 Å². The van der Waals surface area contributed by atoms with Gasteiger partial charge in [-0.3, -0.25) is 0 Å². The second kappa shape index (κ2) is 3.89. The van der Waals surface area contributed by atoms with E-state index < -0.39 is 0 Å². The first-order chi connectivity index (χ1) is 8.26. The Hall–Kier alpha value is -1.81. The predicted octanol–water partition coefficient (Wildman–Crippen LogP) is 3.53. The molecule has 0 spiro atoms. The lowest BCUT2D eigenvalue weighted by Gasteiger charge is -1.89. The van der Waals surface area contributed by atoms with E-state index in [9.17, 15) is 0 Å². The van der Waals surface area contributed by atoms with Crippen LogP contribution in [0.2, 0.25) is 0 Å². The Morgan fingerprint density at radius 3 is 2.82 bits per heavy atom. The van der Waals surface area contributed by atoms with Crippen molar-refractivity contribution in [3.8, 4) is 11.7 Å². The van der Waals surface area contributed by atoms with Crippen molar-refractivity contribution in [2.45, 2.75) is 12.8 Å². The fourth-order valence-corrected chi connectivity index (χ4v) is 1.78. The highest BCUT2D eigenvalue weighted by molar-refractivity contribution is 6.16. The van der Waals surface area contributed by atoms with E-state index in [0.29, 0.717) is 17.5 Å². The van der Waals surface area contributed by atoms with Gasteiger partial charge < -0.3 is 8.83 Å². The SMILES string of the molecule is Cc1ccc2oc(-c3nnc(CCl)o3)cc2c1. The average molecular weight is 249 g/mol. The molecule has 0 fully saturated rings. The molecule has 0 amide bonds. The maximum atomic E-state index is 5.63. The molecule has 2 aromatic heterocycles. The molecule has 0 atom stereocenters. The molecule has 0 aliphatic heterocycles. The Labute approximate surface area is 102 Å². The van der Waals surface area contributed by atoms with E-state index in [-0.39, 0.29) is 5.88 Å². The Morgan fingerprint density at radius 2 is 2.06 bits per heavy atom. The van der Waals surface area contributed by atoms with Gasteiger partial charge in [0.1, 0.15) is 11.5 Å². The van der Waals surface area contributed by atoms with Crippen molar-refractivity contribution in [2.24, 2.45) is 0 Å². The van der Waals surface area contributed by atoms with Crippen LogP contribution >= 0.6 is 11.6 Å². The minimum atomic E-state index is 0.201. The van der Waals surface area contributed by atoms with E-state index in [4.69, 9.17) is 20.4 Å². The zero-order valence-electron chi connectivity index (χ0n) is 9.11. The molecular formula is C12H9ClN2O2. The van der Waals surface area contributed by atoms with Gasteiger partial charge in [0.15, 0.2) is 5.76 Å². The number of furan rings is 1. The van der Waals surface area contributed by atoms with Crippen LogP contribution in [-0.2, 0) is 5.88 Å². The molecule has 2 heterocycles. The summed E-state index contributed by atoms with van der Waals surface area (Å²) in [7, 11) is 0. The molecule has 0 N–H and O–H groups in total. The Kier molecular flexibility index (Phi) is 2.37. The molecule has 0 aliphatic carbocycles. The number of aromatic nitrogens is 2. The Bertz CT molecular complexity index is 672. The zero-order valence-corrected chi connectivity index (χ0v) is 9.86. The molecule has 0 bridgehead atoms. The van der Waals surface area contributed by atoms with E-state index in [1.165, 1.54) is 5.56 Å². The monoisotopic (exact) mass is 248 g/mol. The lowest BCUT2D eigenvalue weighted by atomic mass is 10.2. The third-order valence-corrected chi connectivity index (χ3v) is 2.69. The number of rotatable bonds is 2. The molecular weight excluding hydrogens is 240 g/mol. The van der Waals surface area contributed by atoms with Crippen molar-refractivity contribution in [1.82, 2.24) is 10.2 Å². The van der Waals surface area contributed by atoms with Crippen LogP contribution in [0.1, 0.15) is 11.5 Å². The first-order valence-corrected chi connectivity index (χ1v) is 5.68. The summed E-state index contributed by atoms with van der Waals surface area (Å²) >= 11 is 5.60. The van der Waals surface area contributed by atoms with E-state index in [2.05, 4.69) is 10.2 Å². The number of halogens is 1. The van der Waals surface area contributed by atoms with Crippen molar-refractivity contribution in [3.63, 3.8) is 0 Å². The fraction of sp³-hybridized carbons (Fsp3) is 0.167. The molecule has 1 aromatic carbocycles. The normalized spacial score (nSPS) is 11.2. The summed E-state index contributed by atoms with van der Waals surface area (Å²) in [5.41, 5.74) is 1.98. The predicted molar refractivity (Wildman–Crippen MR) is 63.8 cm³/mol. The first kappa shape index (κ1) is 10.4. The van der Waals surface area contributed by atoms with Crippen molar-refractivity contribution in [1.29, 1.82) is 0 Å². The van der Waals surface area contributed by atoms with E-state index in [1.54, 1.807) is 0 Å². The van der Waals surface area contributed by atoms with Crippen molar-refractivity contribution in [2.75, 3.05) is 0 Å². The highest BCUT2D eigenvalue weighted by Crippen LogP contribution is 2.27. The van der Waals surface area contributed by atoms with Gasteiger partial charge in [0.05, 0.1) is 0 Å². The largest absolute Gasteiger partial charge is 0.451 e. The fourth-order valence-electron chi connectivity index (χ4n) is 1.68. The standard InChI is InChI=1S/C12H9ClN2O2/c1-7-2-3-9-8(4-7)5-10(16-9)12-15-14-11(6-13)17-12/h2-5H,6H2,1H3. The summed E-state index contributed by atoms with van der Waals surface area (Å²) in [6.45, 7) is 2.03. The molecule has 4 nitrogen and oxygen atoms in total. The second-order valence-electron chi connectivity index (χ2n) is 3.79. The first-order valence-electron chi connectivity index (χ1n) is 5.15. The van der Waals surface area contributed by atoms with Gasteiger partial charge in [-0.25, -0.2) is 0 Å².